The van der Waals surface area contributed by atoms with Gasteiger partial charge in [0.1, 0.15) is 0 Å². The maximum Gasteiger partial charge on any atom is 0.258 e. The van der Waals surface area contributed by atoms with Crippen molar-refractivity contribution in [3.8, 4) is 0 Å². The predicted octanol–water partition coefficient (Wildman–Crippen LogP) is 5.78. The average Bonchev–Trinajstić information content (AvgIpc) is 2.91. The van der Waals surface area contributed by atoms with E-state index in [1.54, 1.807) is 23.5 Å². The molecule has 3 rings (SSSR count). The fourth-order valence-corrected chi connectivity index (χ4v) is 4.94. The number of fused-ring (bicyclic) bond motifs is 1. The Morgan fingerprint density at radius 2 is 2.12 bits per heavy atom. The Morgan fingerprint density at radius 3 is 2.80 bits per heavy atom. The highest BCUT2D eigenvalue weighted by Gasteiger charge is 2.34. The SMILES string of the molecule is CCC(C)(C)C1CCc2c(sc(N)c2C(=O)Nc2ccccc2Cl)C1. The number of amides is 1. The largest absolute Gasteiger partial charge is 0.390 e. The number of hydrogen-bond donors (Lipinski definition) is 2. The molecule has 1 aromatic heterocycles. The van der Waals surface area contributed by atoms with Gasteiger partial charge in [-0.25, -0.2) is 0 Å². The van der Waals surface area contributed by atoms with Gasteiger partial charge in [-0.2, -0.15) is 0 Å². The summed E-state index contributed by atoms with van der Waals surface area (Å²) in [6.45, 7) is 6.93. The summed E-state index contributed by atoms with van der Waals surface area (Å²) < 4.78 is 0. The Bertz CT molecular complexity index is 797. The van der Waals surface area contributed by atoms with Crippen molar-refractivity contribution in [3.05, 3.63) is 45.3 Å². The van der Waals surface area contributed by atoms with E-state index in [1.165, 1.54) is 4.88 Å². The molecule has 5 heteroatoms. The second kappa shape index (κ2) is 7.00. The molecule has 3 nitrogen and oxygen atoms in total. The van der Waals surface area contributed by atoms with Crippen molar-refractivity contribution >= 4 is 39.5 Å². The second-order valence-corrected chi connectivity index (χ2v) is 9.00. The third-order valence-corrected chi connectivity index (χ3v) is 7.07. The number of hydrogen-bond acceptors (Lipinski definition) is 3. The van der Waals surface area contributed by atoms with Gasteiger partial charge in [-0.05, 0) is 48.3 Å². The number of benzene rings is 1. The molecule has 3 N–H and O–H groups in total. The van der Waals surface area contributed by atoms with Gasteiger partial charge in [0.15, 0.2) is 0 Å². The number of carbonyl (C=O) groups is 1. The van der Waals surface area contributed by atoms with Crippen molar-refractivity contribution in [2.75, 3.05) is 11.1 Å². The highest BCUT2D eigenvalue weighted by molar-refractivity contribution is 7.16. The second-order valence-electron chi connectivity index (χ2n) is 7.46. The standard InChI is InChI=1S/C20H25ClN2OS/c1-4-20(2,3)12-9-10-13-16(11-12)25-18(22)17(13)19(24)23-15-8-6-5-7-14(15)21/h5-8,12H,4,9-11,22H2,1-3H3,(H,23,24). The minimum Gasteiger partial charge on any atom is -0.390 e. The number of thiophene rings is 1. The van der Waals surface area contributed by atoms with Crippen LogP contribution in [0.25, 0.3) is 0 Å². The molecular weight excluding hydrogens is 352 g/mol. The Hall–Kier alpha value is -1.52. The third-order valence-electron chi connectivity index (χ3n) is 5.66. The summed E-state index contributed by atoms with van der Waals surface area (Å²) in [5.41, 5.74) is 8.94. The van der Waals surface area contributed by atoms with E-state index in [1.807, 2.05) is 12.1 Å². The van der Waals surface area contributed by atoms with Gasteiger partial charge < -0.3 is 11.1 Å². The molecule has 0 bridgehead atoms. The van der Waals surface area contributed by atoms with Crippen LogP contribution in [0.2, 0.25) is 5.02 Å². The first-order valence-electron chi connectivity index (χ1n) is 8.79. The number of rotatable bonds is 4. The van der Waals surface area contributed by atoms with Crippen LogP contribution in [0.3, 0.4) is 0 Å². The minimum absolute atomic E-state index is 0.156. The van der Waals surface area contributed by atoms with E-state index in [4.69, 9.17) is 17.3 Å². The van der Waals surface area contributed by atoms with Crippen molar-refractivity contribution < 1.29 is 4.79 Å². The van der Waals surface area contributed by atoms with E-state index in [9.17, 15) is 4.79 Å². The summed E-state index contributed by atoms with van der Waals surface area (Å²) >= 11 is 7.73. The van der Waals surface area contributed by atoms with E-state index in [0.717, 1.165) is 31.2 Å². The molecule has 1 aliphatic rings. The molecule has 25 heavy (non-hydrogen) atoms. The first kappa shape index (κ1) is 18.3. The molecule has 1 atom stereocenters. The van der Waals surface area contributed by atoms with Gasteiger partial charge in [0.25, 0.3) is 5.91 Å². The molecule has 0 aliphatic heterocycles. The van der Waals surface area contributed by atoms with Crippen LogP contribution in [0.1, 0.15) is 54.4 Å². The topological polar surface area (TPSA) is 55.1 Å². The lowest BCUT2D eigenvalue weighted by Crippen LogP contribution is -2.29. The maximum atomic E-state index is 12.8. The lowest BCUT2D eigenvalue weighted by Gasteiger charge is -2.36. The van der Waals surface area contributed by atoms with Gasteiger partial charge in [0.2, 0.25) is 0 Å². The van der Waals surface area contributed by atoms with Crippen LogP contribution >= 0.6 is 22.9 Å². The predicted molar refractivity (Wildman–Crippen MR) is 108 cm³/mol. The third kappa shape index (κ3) is 3.56. The lowest BCUT2D eigenvalue weighted by atomic mass is 9.69. The quantitative estimate of drug-likeness (QED) is 0.710. The summed E-state index contributed by atoms with van der Waals surface area (Å²) in [6, 6.07) is 7.26. The maximum absolute atomic E-state index is 12.8. The van der Waals surface area contributed by atoms with Crippen molar-refractivity contribution in [3.63, 3.8) is 0 Å². The molecule has 2 aromatic rings. The number of anilines is 2. The monoisotopic (exact) mass is 376 g/mol. The summed E-state index contributed by atoms with van der Waals surface area (Å²) in [6.07, 6.45) is 4.21. The summed E-state index contributed by atoms with van der Waals surface area (Å²) in [5, 5.41) is 4.06. The van der Waals surface area contributed by atoms with Gasteiger partial charge in [-0.15, -0.1) is 11.3 Å². The van der Waals surface area contributed by atoms with Gasteiger partial charge >= 0.3 is 0 Å². The Labute approximate surface area is 158 Å². The molecule has 134 valence electrons. The normalized spacial score (nSPS) is 17.2. The molecule has 0 spiro atoms. The first-order valence-corrected chi connectivity index (χ1v) is 9.98. The summed E-state index contributed by atoms with van der Waals surface area (Å²) in [4.78, 5) is 14.1. The number of halogens is 1. The number of carbonyl (C=O) groups excluding carboxylic acids is 1. The van der Waals surface area contributed by atoms with Crippen LogP contribution < -0.4 is 11.1 Å². The van der Waals surface area contributed by atoms with Crippen molar-refractivity contribution in [1.82, 2.24) is 0 Å². The van der Waals surface area contributed by atoms with E-state index >= 15 is 0 Å². The zero-order chi connectivity index (χ0) is 18.2. The molecule has 1 unspecified atom stereocenters. The van der Waals surface area contributed by atoms with E-state index in [-0.39, 0.29) is 5.91 Å². The van der Waals surface area contributed by atoms with Crippen molar-refractivity contribution in [1.29, 1.82) is 0 Å². The Morgan fingerprint density at radius 1 is 1.40 bits per heavy atom. The number of para-hydroxylation sites is 1. The zero-order valence-electron chi connectivity index (χ0n) is 15.0. The Balaban J connectivity index is 1.86. The van der Waals surface area contributed by atoms with Crippen LogP contribution in [0, 0.1) is 11.3 Å². The van der Waals surface area contributed by atoms with Crippen molar-refractivity contribution in [2.45, 2.75) is 46.5 Å². The van der Waals surface area contributed by atoms with Gasteiger partial charge in [0, 0.05) is 4.88 Å². The highest BCUT2D eigenvalue weighted by atomic mass is 35.5. The fourth-order valence-electron chi connectivity index (χ4n) is 3.56. The van der Waals surface area contributed by atoms with E-state index in [2.05, 4.69) is 26.1 Å². The van der Waals surface area contributed by atoms with E-state index < -0.39 is 0 Å². The Kier molecular flexibility index (Phi) is 5.12. The zero-order valence-corrected chi connectivity index (χ0v) is 16.6. The molecule has 0 saturated carbocycles. The van der Waals surface area contributed by atoms with Gasteiger partial charge in [0.05, 0.1) is 21.3 Å². The first-order chi connectivity index (χ1) is 11.8. The fraction of sp³-hybridized carbons (Fsp3) is 0.450. The highest BCUT2D eigenvalue weighted by Crippen LogP contribution is 2.44. The lowest BCUT2D eigenvalue weighted by molar-refractivity contribution is 0.102. The van der Waals surface area contributed by atoms with Gasteiger partial charge in [-0.1, -0.05) is 50.9 Å². The number of nitrogen functional groups attached to an aromatic ring is 1. The molecule has 1 aliphatic carbocycles. The van der Waals surface area contributed by atoms with E-state index in [0.29, 0.717) is 32.6 Å². The van der Waals surface area contributed by atoms with Crippen LogP contribution in [0.4, 0.5) is 10.7 Å². The van der Waals surface area contributed by atoms with Crippen molar-refractivity contribution in [2.24, 2.45) is 11.3 Å². The minimum atomic E-state index is -0.156. The molecule has 1 amide bonds. The molecular formula is C20H25ClN2OS. The van der Waals surface area contributed by atoms with Crippen LogP contribution in [0.15, 0.2) is 24.3 Å². The van der Waals surface area contributed by atoms with Crippen LogP contribution in [-0.4, -0.2) is 5.91 Å². The molecule has 0 fully saturated rings. The smallest absolute Gasteiger partial charge is 0.258 e. The molecule has 0 radical (unpaired) electrons. The summed E-state index contributed by atoms with van der Waals surface area (Å²) in [5.74, 6) is 0.485. The summed E-state index contributed by atoms with van der Waals surface area (Å²) in [7, 11) is 0. The van der Waals surface area contributed by atoms with Crippen LogP contribution in [0.5, 0.6) is 0 Å². The molecule has 1 aromatic carbocycles. The van der Waals surface area contributed by atoms with Gasteiger partial charge in [-0.3, -0.25) is 4.79 Å². The van der Waals surface area contributed by atoms with Crippen LogP contribution in [-0.2, 0) is 12.8 Å². The number of nitrogens with two attached hydrogens (primary N) is 1. The average molecular weight is 377 g/mol. The molecule has 1 heterocycles. The molecule has 0 saturated heterocycles. The number of nitrogens with one attached hydrogen (secondary N) is 1.